The van der Waals surface area contributed by atoms with E-state index in [2.05, 4.69) is 0 Å². The number of nitro groups is 1. The molecular formula is C12H13FN2O4. The lowest BCUT2D eigenvalue weighted by Gasteiger charge is -2.18. The average Bonchev–Trinajstić information content (AvgIpc) is 2.70. The molecule has 1 N–H and O–H groups in total. The molecule has 0 aliphatic carbocycles. The van der Waals surface area contributed by atoms with Gasteiger partial charge in [-0.15, -0.1) is 0 Å². The van der Waals surface area contributed by atoms with E-state index in [1.807, 2.05) is 0 Å². The second kappa shape index (κ2) is 4.83. The van der Waals surface area contributed by atoms with E-state index in [-0.39, 0.29) is 18.2 Å². The van der Waals surface area contributed by atoms with Crippen LogP contribution in [0.4, 0.5) is 15.8 Å². The first kappa shape index (κ1) is 13.3. The van der Waals surface area contributed by atoms with Crippen molar-refractivity contribution in [3.8, 4) is 0 Å². The third-order valence-electron chi connectivity index (χ3n) is 3.42. The van der Waals surface area contributed by atoms with E-state index in [4.69, 9.17) is 5.11 Å². The number of aliphatic carboxylic acids is 1. The second-order valence-electron chi connectivity index (χ2n) is 4.69. The zero-order valence-corrected chi connectivity index (χ0v) is 10.2. The topological polar surface area (TPSA) is 83.7 Å². The number of para-hydroxylation sites is 1. The summed E-state index contributed by atoms with van der Waals surface area (Å²) >= 11 is 0. The van der Waals surface area contributed by atoms with Gasteiger partial charge in [0.25, 0.3) is 0 Å². The first-order chi connectivity index (χ1) is 8.91. The number of carbonyl (C=O) groups is 1. The highest BCUT2D eigenvalue weighted by Crippen LogP contribution is 2.35. The Morgan fingerprint density at radius 3 is 2.74 bits per heavy atom. The standard InChI is InChI=1S/C12H13FN2O4/c1-7-5-14(6-8(7)12(16)17)10-4-2-3-9(13)11(10)15(18)19/h2-4,7-8H,5-6H2,1H3,(H,16,17)/t7-,8-/m1/s1. The Labute approximate surface area is 108 Å². The van der Waals surface area contributed by atoms with Crippen LogP contribution in [0.1, 0.15) is 6.92 Å². The van der Waals surface area contributed by atoms with Crippen LogP contribution in [-0.4, -0.2) is 29.1 Å². The maximum absolute atomic E-state index is 13.5. The molecule has 1 aromatic rings. The fraction of sp³-hybridized carbons (Fsp3) is 0.417. The Balaban J connectivity index is 2.37. The normalized spacial score (nSPS) is 22.5. The minimum Gasteiger partial charge on any atom is -0.481 e. The van der Waals surface area contributed by atoms with Gasteiger partial charge >= 0.3 is 11.7 Å². The lowest BCUT2D eigenvalue weighted by molar-refractivity contribution is -0.386. The van der Waals surface area contributed by atoms with E-state index in [1.54, 1.807) is 11.8 Å². The summed E-state index contributed by atoms with van der Waals surface area (Å²) in [4.78, 5) is 22.7. The van der Waals surface area contributed by atoms with Crippen molar-refractivity contribution in [2.75, 3.05) is 18.0 Å². The largest absolute Gasteiger partial charge is 0.481 e. The Kier molecular flexibility index (Phi) is 3.37. The van der Waals surface area contributed by atoms with Gasteiger partial charge in [0.2, 0.25) is 5.82 Å². The Morgan fingerprint density at radius 1 is 1.53 bits per heavy atom. The number of anilines is 1. The molecule has 2 rings (SSSR count). The monoisotopic (exact) mass is 268 g/mol. The van der Waals surface area contributed by atoms with E-state index in [0.717, 1.165) is 6.07 Å². The first-order valence-corrected chi connectivity index (χ1v) is 5.82. The fourth-order valence-electron chi connectivity index (χ4n) is 2.42. The number of nitro benzene ring substituents is 1. The third-order valence-corrected chi connectivity index (χ3v) is 3.42. The van der Waals surface area contributed by atoms with Gasteiger partial charge in [0.1, 0.15) is 5.69 Å². The third kappa shape index (κ3) is 2.35. The van der Waals surface area contributed by atoms with Crippen molar-refractivity contribution >= 4 is 17.3 Å². The van der Waals surface area contributed by atoms with E-state index in [9.17, 15) is 19.3 Å². The van der Waals surface area contributed by atoms with Gasteiger partial charge in [0, 0.05) is 13.1 Å². The number of hydrogen-bond acceptors (Lipinski definition) is 4. The summed E-state index contributed by atoms with van der Waals surface area (Å²) in [6.07, 6.45) is 0. The van der Waals surface area contributed by atoms with Crippen molar-refractivity contribution in [1.82, 2.24) is 0 Å². The smallest absolute Gasteiger partial charge is 0.327 e. The van der Waals surface area contributed by atoms with Crippen molar-refractivity contribution in [2.45, 2.75) is 6.92 Å². The quantitative estimate of drug-likeness (QED) is 0.668. The van der Waals surface area contributed by atoms with E-state index in [1.165, 1.54) is 12.1 Å². The minimum absolute atomic E-state index is 0.139. The molecule has 1 aliphatic heterocycles. The minimum atomic E-state index is -0.936. The van der Waals surface area contributed by atoms with Gasteiger partial charge in [0.15, 0.2) is 0 Å². The van der Waals surface area contributed by atoms with Crippen LogP contribution in [-0.2, 0) is 4.79 Å². The Morgan fingerprint density at radius 2 is 2.21 bits per heavy atom. The summed E-state index contributed by atoms with van der Waals surface area (Å²) in [6.45, 7) is 2.28. The summed E-state index contributed by atoms with van der Waals surface area (Å²) in [5.41, 5.74) is -0.457. The summed E-state index contributed by atoms with van der Waals surface area (Å²) in [5, 5.41) is 20.0. The maximum atomic E-state index is 13.5. The lowest BCUT2D eigenvalue weighted by atomic mass is 9.99. The van der Waals surface area contributed by atoms with Crippen LogP contribution in [0.3, 0.4) is 0 Å². The molecule has 1 aromatic carbocycles. The molecule has 0 radical (unpaired) electrons. The highest BCUT2D eigenvalue weighted by Gasteiger charge is 2.37. The molecule has 7 heteroatoms. The predicted octanol–water partition coefficient (Wildman–Crippen LogP) is 1.89. The van der Waals surface area contributed by atoms with Gasteiger partial charge in [-0.25, -0.2) is 0 Å². The summed E-state index contributed by atoms with van der Waals surface area (Å²) < 4.78 is 13.5. The van der Waals surface area contributed by atoms with Crippen LogP contribution in [0.2, 0.25) is 0 Å². The van der Waals surface area contributed by atoms with Gasteiger partial charge in [-0.2, -0.15) is 4.39 Å². The molecule has 0 saturated carbocycles. The van der Waals surface area contributed by atoms with Gasteiger partial charge in [-0.3, -0.25) is 14.9 Å². The van der Waals surface area contributed by atoms with Crippen molar-refractivity contribution in [2.24, 2.45) is 11.8 Å². The van der Waals surface area contributed by atoms with Crippen LogP contribution in [0.15, 0.2) is 18.2 Å². The van der Waals surface area contributed by atoms with Crippen LogP contribution in [0.5, 0.6) is 0 Å². The molecule has 1 aliphatic rings. The molecular weight excluding hydrogens is 255 g/mol. The zero-order valence-electron chi connectivity index (χ0n) is 10.2. The Bertz CT molecular complexity index is 534. The van der Waals surface area contributed by atoms with Crippen LogP contribution < -0.4 is 4.90 Å². The number of halogens is 1. The van der Waals surface area contributed by atoms with E-state index in [0.29, 0.717) is 6.54 Å². The van der Waals surface area contributed by atoms with Crippen LogP contribution in [0.25, 0.3) is 0 Å². The molecule has 0 unspecified atom stereocenters. The van der Waals surface area contributed by atoms with Gasteiger partial charge in [-0.05, 0) is 18.1 Å². The number of nitrogens with zero attached hydrogens (tertiary/aromatic N) is 2. The molecule has 0 bridgehead atoms. The molecule has 1 fully saturated rings. The summed E-state index contributed by atoms with van der Waals surface area (Å²) in [5.74, 6) is -2.58. The molecule has 0 spiro atoms. The van der Waals surface area contributed by atoms with Crippen LogP contribution in [0, 0.1) is 27.8 Å². The number of carboxylic acids is 1. The molecule has 0 aromatic heterocycles. The predicted molar refractivity (Wildman–Crippen MR) is 65.6 cm³/mol. The number of carboxylic acid groups (broad SMARTS) is 1. The van der Waals surface area contributed by atoms with Crippen molar-refractivity contribution in [3.63, 3.8) is 0 Å². The highest BCUT2D eigenvalue weighted by molar-refractivity contribution is 5.74. The van der Waals surface area contributed by atoms with Crippen molar-refractivity contribution in [3.05, 3.63) is 34.1 Å². The summed E-state index contributed by atoms with van der Waals surface area (Å²) in [6, 6.07) is 3.85. The van der Waals surface area contributed by atoms with Crippen LogP contribution >= 0.6 is 0 Å². The van der Waals surface area contributed by atoms with Gasteiger partial charge < -0.3 is 10.0 Å². The lowest BCUT2D eigenvalue weighted by Crippen LogP contribution is -2.23. The second-order valence-corrected chi connectivity index (χ2v) is 4.69. The molecule has 1 saturated heterocycles. The van der Waals surface area contributed by atoms with Gasteiger partial charge in [0.05, 0.1) is 10.8 Å². The maximum Gasteiger partial charge on any atom is 0.327 e. The number of benzene rings is 1. The van der Waals surface area contributed by atoms with Crippen molar-refractivity contribution < 1.29 is 19.2 Å². The molecule has 2 atom stereocenters. The SMILES string of the molecule is C[C@@H]1CN(c2cccc(F)c2[N+](=O)[O-])C[C@H]1C(=O)O. The van der Waals surface area contributed by atoms with Crippen molar-refractivity contribution in [1.29, 1.82) is 0 Å². The molecule has 102 valence electrons. The molecule has 1 heterocycles. The number of hydrogen-bond donors (Lipinski definition) is 1. The Hall–Kier alpha value is -2.18. The first-order valence-electron chi connectivity index (χ1n) is 5.82. The molecule has 6 nitrogen and oxygen atoms in total. The van der Waals surface area contributed by atoms with Gasteiger partial charge in [-0.1, -0.05) is 13.0 Å². The zero-order chi connectivity index (χ0) is 14.2. The highest BCUT2D eigenvalue weighted by atomic mass is 19.1. The average molecular weight is 268 g/mol. The number of rotatable bonds is 3. The molecule has 19 heavy (non-hydrogen) atoms. The van der Waals surface area contributed by atoms with E-state index >= 15 is 0 Å². The molecule has 0 amide bonds. The fourth-order valence-corrected chi connectivity index (χ4v) is 2.42. The van der Waals surface area contributed by atoms with E-state index < -0.39 is 28.3 Å². The summed E-state index contributed by atoms with van der Waals surface area (Å²) in [7, 11) is 0.